The molecule has 2 amide bonds. The van der Waals surface area contributed by atoms with Gasteiger partial charge in [0, 0.05) is 44.2 Å². The Morgan fingerprint density at radius 2 is 1.69 bits per heavy atom. The number of aromatic nitrogens is 9. The average molecular weight is 748 g/mol. The largest absolute Gasteiger partial charge is 0.508 e. The van der Waals surface area contributed by atoms with Crippen LogP contribution < -0.4 is 20.9 Å². The van der Waals surface area contributed by atoms with Gasteiger partial charge in [-0.05, 0) is 65.6 Å². The smallest absolute Gasteiger partial charge is 0.319 e. The maximum Gasteiger partial charge on any atom is 0.319 e. The molecule has 2 aromatic carbocycles. The number of hydrogen-bond acceptors (Lipinski definition) is 14. The van der Waals surface area contributed by atoms with E-state index in [9.17, 15) is 25.2 Å². The molecule has 1 aliphatic heterocycles. The zero-order valence-corrected chi connectivity index (χ0v) is 29.9. The number of anilines is 3. The molecule has 18 nitrogen and oxygen atoms in total. The zero-order valence-electron chi connectivity index (χ0n) is 29.9. The molecule has 2 fully saturated rings. The molecule has 1 saturated heterocycles. The van der Waals surface area contributed by atoms with Gasteiger partial charge in [-0.15, -0.1) is 10.2 Å². The Hall–Kier alpha value is -6.40. The van der Waals surface area contributed by atoms with Crippen LogP contribution in [0.4, 0.5) is 22.2 Å². The van der Waals surface area contributed by atoms with Crippen LogP contribution in [-0.2, 0) is 6.42 Å². The first kappa shape index (κ1) is 35.6. The first-order valence-electron chi connectivity index (χ1n) is 18.2. The highest BCUT2D eigenvalue weighted by Crippen LogP contribution is 2.40. The van der Waals surface area contributed by atoms with Crippen molar-refractivity contribution in [3.8, 4) is 11.5 Å². The molecular weight excluding hydrogens is 706 g/mol. The molecular formula is C37H41N13O5. The van der Waals surface area contributed by atoms with E-state index < -0.39 is 24.3 Å². The number of tetrazole rings is 1. The number of aliphatic hydroxyl groups is 2. The van der Waals surface area contributed by atoms with E-state index in [2.05, 4.69) is 36.3 Å². The number of carbonyl (C=O) groups excluding carboxylic acids is 1. The van der Waals surface area contributed by atoms with Crippen molar-refractivity contribution in [2.45, 2.75) is 62.4 Å². The van der Waals surface area contributed by atoms with Crippen LogP contribution in [-0.4, -0.2) is 109 Å². The van der Waals surface area contributed by atoms with Crippen LogP contribution in [0.3, 0.4) is 0 Å². The monoisotopic (exact) mass is 747 g/mol. The van der Waals surface area contributed by atoms with Gasteiger partial charge in [-0.25, -0.2) is 9.78 Å². The minimum absolute atomic E-state index is 0.147. The lowest BCUT2D eigenvalue weighted by molar-refractivity contribution is 0.00473. The van der Waals surface area contributed by atoms with E-state index in [1.165, 1.54) is 4.80 Å². The van der Waals surface area contributed by atoms with Crippen molar-refractivity contribution >= 4 is 34.6 Å². The summed E-state index contributed by atoms with van der Waals surface area (Å²) in [6, 6.07) is 15.6. The number of rotatable bonds is 11. The third kappa shape index (κ3) is 7.41. The number of fused-ring (bicyclic) bond motifs is 1. The maximum absolute atomic E-state index is 12.8. The quantitative estimate of drug-likeness (QED) is 0.101. The molecule has 7 N–H and O–H groups in total. The Morgan fingerprint density at radius 3 is 2.36 bits per heavy atom. The number of phenols is 2. The standard InChI is InChI=1S/C37H41N13O5/c1-2-30-45-47-50(46-30)29-16-28(32(53)33(29)54)49-20-40-31-34(39-18-27(21-5-9-25(51)10-6-21)22-7-11-26(52)12-8-22)43-36(44-35(31)49)48-15-13-24(19-48)42-37(55)41-23-4-3-14-38-17-23/h3-12,14,17,20,24,27-29,32-33,51-54H,2,13,15-16,18-19H2,1H3,(H,39,43,44)(H2,41,42,55)/t24-,28-,29+,32+,33-/m1/s1. The van der Waals surface area contributed by atoms with E-state index >= 15 is 0 Å². The van der Waals surface area contributed by atoms with Crippen molar-refractivity contribution in [3.05, 3.63) is 96.3 Å². The van der Waals surface area contributed by atoms with E-state index in [1.807, 2.05) is 36.1 Å². The van der Waals surface area contributed by atoms with Gasteiger partial charge in [0.15, 0.2) is 22.8 Å². The number of phenolic OH excluding ortho intramolecular Hbond substituents is 2. The van der Waals surface area contributed by atoms with Gasteiger partial charge in [-0.2, -0.15) is 14.8 Å². The summed E-state index contributed by atoms with van der Waals surface area (Å²) in [5, 5.41) is 64.5. The molecule has 2 aliphatic rings. The van der Waals surface area contributed by atoms with Gasteiger partial charge in [-0.3, -0.25) is 4.98 Å². The van der Waals surface area contributed by atoms with Gasteiger partial charge >= 0.3 is 6.03 Å². The molecule has 0 unspecified atom stereocenters. The first-order chi connectivity index (χ1) is 26.7. The van der Waals surface area contributed by atoms with Crippen LogP contribution in [0, 0.1) is 0 Å². The van der Waals surface area contributed by atoms with Gasteiger partial charge in [0.2, 0.25) is 5.95 Å². The van der Waals surface area contributed by atoms with Crippen molar-refractivity contribution in [1.82, 2.24) is 50.0 Å². The summed E-state index contributed by atoms with van der Waals surface area (Å²) in [4.78, 5) is 34.9. The second kappa shape index (κ2) is 15.2. The summed E-state index contributed by atoms with van der Waals surface area (Å²) < 4.78 is 1.77. The van der Waals surface area contributed by atoms with E-state index in [1.54, 1.807) is 59.7 Å². The third-order valence-corrected chi connectivity index (χ3v) is 10.3. The molecule has 55 heavy (non-hydrogen) atoms. The number of aromatic hydroxyl groups is 2. The number of pyridine rings is 1. The molecule has 5 atom stereocenters. The van der Waals surface area contributed by atoms with E-state index in [4.69, 9.17) is 15.0 Å². The number of carbonyl (C=O) groups is 1. The van der Waals surface area contributed by atoms with E-state index in [-0.39, 0.29) is 29.5 Å². The van der Waals surface area contributed by atoms with Crippen LogP contribution >= 0.6 is 0 Å². The molecule has 8 rings (SSSR count). The SMILES string of the molecule is CCc1nnn([C@H]2C[C@@H](n3cnc4c(NCC(c5ccc(O)cc5)c5ccc(O)cc5)nc(N5CC[C@@H](NC(=O)Nc6cccnc6)C5)nc43)[C@H](O)[C@@H]2O)n1. The fraction of sp³-hybridized carbons (Fsp3) is 0.351. The van der Waals surface area contributed by atoms with Gasteiger partial charge in [0.25, 0.3) is 0 Å². The van der Waals surface area contributed by atoms with Gasteiger partial charge in [-0.1, -0.05) is 31.2 Å². The maximum atomic E-state index is 12.8. The fourth-order valence-corrected chi connectivity index (χ4v) is 7.33. The van der Waals surface area contributed by atoms with Crippen LogP contribution in [0.2, 0.25) is 0 Å². The van der Waals surface area contributed by atoms with Crippen molar-refractivity contribution in [1.29, 1.82) is 0 Å². The summed E-state index contributed by atoms with van der Waals surface area (Å²) in [6.07, 6.45) is 3.98. The van der Waals surface area contributed by atoms with Crippen molar-refractivity contribution in [2.24, 2.45) is 0 Å². The van der Waals surface area contributed by atoms with Gasteiger partial charge in [0.05, 0.1) is 24.3 Å². The van der Waals surface area contributed by atoms with Crippen LogP contribution in [0.1, 0.15) is 54.7 Å². The first-order valence-corrected chi connectivity index (χ1v) is 18.2. The highest BCUT2D eigenvalue weighted by molar-refractivity contribution is 5.89. The molecule has 0 bridgehead atoms. The summed E-state index contributed by atoms with van der Waals surface area (Å²) >= 11 is 0. The third-order valence-electron chi connectivity index (χ3n) is 10.3. The number of imidazole rings is 1. The number of aliphatic hydroxyl groups excluding tert-OH is 2. The Kier molecular flexibility index (Phi) is 9.81. The second-order valence-electron chi connectivity index (χ2n) is 13.8. The van der Waals surface area contributed by atoms with Gasteiger partial charge in [0.1, 0.15) is 29.7 Å². The molecule has 284 valence electrons. The predicted octanol–water partition coefficient (Wildman–Crippen LogP) is 2.73. The zero-order chi connectivity index (χ0) is 38.1. The topological polar surface area (TPSA) is 237 Å². The lowest BCUT2D eigenvalue weighted by Crippen LogP contribution is -2.40. The summed E-state index contributed by atoms with van der Waals surface area (Å²) in [5.41, 5.74) is 3.33. The minimum Gasteiger partial charge on any atom is -0.508 e. The van der Waals surface area contributed by atoms with Crippen molar-refractivity contribution in [3.63, 3.8) is 0 Å². The van der Waals surface area contributed by atoms with Crippen LogP contribution in [0.25, 0.3) is 11.2 Å². The molecule has 4 aromatic heterocycles. The molecule has 1 aliphatic carbocycles. The fourth-order valence-electron chi connectivity index (χ4n) is 7.33. The molecule has 5 heterocycles. The average Bonchev–Trinajstić information content (AvgIpc) is 4.01. The molecule has 0 spiro atoms. The normalized spacial score (nSPS) is 21.0. The van der Waals surface area contributed by atoms with Crippen molar-refractivity contribution < 1.29 is 25.2 Å². The molecule has 18 heteroatoms. The second-order valence-corrected chi connectivity index (χ2v) is 13.8. The minimum atomic E-state index is -1.18. The van der Waals surface area contributed by atoms with Crippen molar-refractivity contribution in [2.75, 3.05) is 35.2 Å². The van der Waals surface area contributed by atoms with Crippen LogP contribution in [0.5, 0.6) is 11.5 Å². The number of amides is 2. The Labute approximate surface area is 314 Å². The Balaban J connectivity index is 1.11. The number of urea groups is 1. The number of hydrogen-bond donors (Lipinski definition) is 7. The predicted molar refractivity (Wildman–Crippen MR) is 201 cm³/mol. The number of nitrogens with zero attached hydrogens (tertiary/aromatic N) is 10. The number of benzene rings is 2. The lowest BCUT2D eigenvalue weighted by atomic mass is 9.91. The number of aryl methyl sites for hydroxylation is 1. The van der Waals surface area contributed by atoms with Gasteiger partial charge < -0.3 is 45.8 Å². The summed E-state index contributed by atoms with van der Waals surface area (Å²) in [6.45, 7) is 3.27. The summed E-state index contributed by atoms with van der Waals surface area (Å²) in [7, 11) is 0. The number of nitrogens with one attached hydrogen (secondary N) is 3. The highest BCUT2D eigenvalue weighted by atomic mass is 16.3. The van der Waals surface area contributed by atoms with E-state index in [0.29, 0.717) is 73.3 Å². The highest BCUT2D eigenvalue weighted by Gasteiger charge is 2.45. The van der Waals surface area contributed by atoms with E-state index in [0.717, 1.165) is 11.1 Å². The lowest BCUT2D eigenvalue weighted by Gasteiger charge is -2.22. The Bertz CT molecular complexity index is 2200. The molecule has 0 radical (unpaired) electrons. The molecule has 1 saturated carbocycles. The van der Waals surface area contributed by atoms with Crippen LogP contribution in [0.15, 0.2) is 79.4 Å². The summed E-state index contributed by atoms with van der Waals surface area (Å²) in [5.74, 6) is 1.46. The Morgan fingerprint density at radius 1 is 0.964 bits per heavy atom. The molecule has 6 aromatic rings.